The number of allylic oxidation sites excluding steroid dienone is 1. The van der Waals surface area contributed by atoms with Crippen molar-refractivity contribution in [3.05, 3.63) is 12.3 Å². The van der Waals surface area contributed by atoms with Crippen molar-refractivity contribution in [1.29, 1.82) is 0 Å². The molecule has 0 aromatic rings. The fourth-order valence-electron chi connectivity index (χ4n) is 2.84. The molecule has 1 aliphatic carbocycles. The van der Waals surface area contributed by atoms with Gasteiger partial charge in [-0.2, -0.15) is 0 Å². The Morgan fingerprint density at radius 2 is 2.38 bits per heavy atom. The first kappa shape index (κ1) is 8.79. The van der Waals surface area contributed by atoms with Gasteiger partial charge in [-0.1, -0.05) is 26.8 Å². The zero-order chi connectivity index (χ0) is 9.64. The predicted octanol–water partition coefficient (Wildman–Crippen LogP) is 2.07. The number of amides is 1. The monoisotopic (exact) mass is 179 g/mol. The molecular weight excluding hydrogens is 162 g/mol. The summed E-state index contributed by atoms with van der Waals surface area (Å²) >= 11 is 0. The van der Waals surface area contributed by atoms with Gasteiger partial charge in [0.1, 0.15) is 0 Å². The zero-order valence-electron chi connectivity index (χ0n) is 8.39. The van der Waals surface area contributed by atoms with Crippen LogP contribution in [-0.2, 0) is 4.79 Å². The maximum absolute atomic E-state index is 11.5. The summed E-state index contributed by atoms with van der Waals surface area (Å²) in [7, 11) is 0. The van der Waals surface area contributed by atoms with Gasteiger partial charge in [-0.15, -0.1) is 0 Å². The molecule has 13 heavy (non-hydrogen) atoms. The Bertz CT molecular complexity index is 271. The average Bonchev–Trinajstić information content (AvgIpc) is 2.75. The molecule has 2 rings (SSSR count). The van der Waals surface area contributed by atoms with Gasteiger partial charge in [0.05, 0.1) is 0 Å². The molecule has 1 saturated carbocycles. The molecule has 0 aromatic heterocycles. The largest absolute Gasteiger partial charge is 0.330 e. The van der Waals surface area contributed by atoms with E-state index >= 15 is 0 Å². The fourth-order valence-corrected chi connectivity index (χ4v) is 2.84. The van der Waals surface area contributed by atoms with Crippen LogP contribution in [0.25, 0.3) is 0 Å². The molecule has 2 heteroatoms. The van der Waals surface area contributed by atoms with E-state index in [0.717, 1.165) is 18.0 Å². The molecule has 2 fully saturated rings. The number of carbonyl (C=O) groups excluding carboxylic acids is 1. The summed E-state index contributed by atoms with van der Waals surface area (Å²) in [6.07, 6.45) is 3.42. The van der Waals surface area contributed by atoms with Crippen LogP contribution in [0.2, 0.25) is 0 Å². The Hall–Kier alpha value is -0.790. The van der Waals surface area contributed by atoms with Crippen LogP contribution in [0.3, 0.4) is 0 Å². The predicted molar refractivity (Wildman–Crippen MR) is 51.9 cm³/mol. The SMILES string of the molecule is C=C1CC2(CC2CC)C(C)C(=O)N1. The molecule has 1 N–H and O–H groups in total. The first-order valence-electron chi connectivity index (χ1n) is 5.09. The molecule has 3 atom stereocenters. The van der Waals surface area contributed by atoms with Gasteiger partial charge in [0.2, 0.25) is 5.91 Å². The fraction of sp³-hybridized carbons (Fsp3) is 0.727. The van der Waals surface area contributed by atoms with E-state index in [4.69, 9.17) is 0 Å². The average molecular weight is 179 g/mol. The minimum Gasteiger partial charge on any atom is -0.330 e. The van der Waals surface area contributed by atoms with Crippen molar-refractivity contribution >= 4 is 5.91 Å². The summed E-state index contributed by atoms with van der Waals surface area (Å²) in [5.74, 6) is 1.11. The summed E-state index contributed by atoms with van der Waals surface area (Å²) in [6.45, 7) is 8.13. The Kier molecular flexibility index (Phi) is 1.76. The third-order valence-corrected chi connectivity index (χ3v) is 3.87. The minimum atomic E-state index is 0.173. The van der Waals surface area contributed by atoms with E-state index < -0.39 is 0 Å². The van der Waals surface area contributed by atoms with Crippen molar-refractivity contribution in [2.24, 2.45) is 17.3 Å². The Morgan fingerprint density at radius 1 is 1.69 bits per heavy atom. The van der Waals surface area contributed by atoms with E-state index in [2.05, 4.69) is 25.7 Å². The van der Waals surface area contributed by atoms with Crippen LogP contribution in [0, 0.1) is 17.3 Å². The first-order chi connectivity index (χ1) is 6.10. The van der Waals surface area contributed by atoms with Gasteiger partial charge in [-0.25, -0.2) is 0 Å². The molecule has 1 saturated heterocycles. The lowest BCUT2D eigenvalue weighted by atomic mass is 9.80. The highest BCUT2D eigenvalue weighted by Crippen LogP contribution is 2.63. The molecule has 0 radical (unpaired) electrons. The van der Waals surface area contributed by atoms with E-state index in [-0.39, 0.29) is 17.2 Å². The number of nitrogens with one attached hydrogen (secondary N) is 1. The van der Waals surface area contributed by atoms with Gasteiger partial charge < -0.3 is 5.32 Å². The van der Waals surface area contributed by atoms with Gasteiger partial charge in [-0.05, 0) is 24.2 Å². The second-order valence-corrected chi connectivity index (χ2v) is 4.53. The molecule has 1 spiro atoms. The summed E-state index contributed by atoms with van der Waals surface area (Å²) in [5.41, 5.74) is 1.20. The van der Waals surface area contributed by atoms with Crippen molar-refractivity contribution in [3.63, 3.8) is 0 Å². The lowest BCUT2D eigenvalue weighted by Crippen LogP contribution is -2.40. The van der Waals surface area contributed by atoms with Crippen molar-refractivity contribution < 1.29 is 4.79 Å². The Balaban J connectivity index is 2.19. The third-order valence-electron chi connectivity index (χ3n) is 3.87. The number of carbonyl (C=O) groups is 1. The van der Waals surface area contributed by atoms with Crippen molar-refractivity contribution in [1.82, 2.24) is 5.32 Å². The molecule has 1 aliphatic heterocycles. The van der Waals surface area contributed by atoms with Crippen LogP contribution >= 0.6 is 0 Å². The normalized spacial score (nSPS) is 43.5. The Labute approximate surface area is 79.4 Å². The molecule has 0 bridgehead atoms. The van der Waals surface area contributed by atoms with Gasteiger partial charge >= 0.3 is 0 Å². The van der Waals surface area contributed by atoms with E-state index in [1.54, 1.807) is 0 Å². The molecule has 2 aliphatic rings. The van der Waals surface area contributed by atoms with Gasteiger partial charge in [0, 0.05) is 11.6 Å². The highest BCUT2D eigenvalue weighted by Gasteiger charge is 2.59. The van der Waals surface area contributed by atoms with Gasteiger partial charge in [-0.3, -0.25) is 4.79 Å². The lowest BCUT2D eigenvalue weighted by Gasteiger charge is -2.31. The molecule has 1 heterocycles. The van der Waals surface area contributed by atoms with Crippen LogP contribution in [0.1, 0.15) is 33.1 Å². The smallest absolute Gasteiger partial charge is 0.227 e. The van der Waals surface area contributed by atoms with Crippen LogP contribution < -0.4 is 5.32 Å². The third kappa shape index (κ3) is 1.11. The summed E-state index contributed by atoms with van der Waals surface area (Å²) in [4.78, 5) is 11.5. The number of hydrogen-bond acceptors (Lipinski definition) is 1. The maximum Gasteiger partial charge on any atom is 0.227 e. The standard InChI is InChI=1S/C11H17NO/c1-4-9-6-11(9)5-7(2)12-10(13)8(11)3/h8-9H,2,4-6H2,1,3H3,(H,12,13). The Morgan fingerprint density at radius 3 is 2.92 bits per heavy atom. The van der Waals surface area contributed by atoms with Crippen LogP contribution in [0.4, 0.5) is 0 Å². The topological polar surface area (TPSA) is 29.1 Å². The van der Waals surface area contributed by atoms with Gasteiger partial charge in [0.25, 0.3) is 0 Å². The maximum atomic E-state index is 11.5. The highest BCUT2D eigenvalue weighted by atomic mass is 16.2. The molecular formula is C11H17NO. The second-order valence-electron chi connectivity index (χ2n) is 4.53. The lowest BCUT2D eigenvalue weighted by molar-refractivity contribution is -0.127. The number of piperidine rings is 1. The van der Waals surface area contributed by atoms with E-state index in [9.17, 15) is 4.79 Å². The summed E-state index contributed by atoms with van der Waals surface area (Å²) in [6, 6.07) is 0. The van der Waals surface area contributed by atoms with Crippen molar-refractivity contribution in [2.75, 3.05) is 0 Å². The van der Waals surface area contributed by atoms with E-state index in [1.807, 2.05) is 0 Å². The van der Waals surface area contributed by atoms with Crippen molar-refractivity contribution in [2.45, 2.75) is 33.1 Å². The molecule has 1 amide bonds. The van der Waals surface area contributed by atoms with Crippen LogP contribution in [0.15, 0.2) is 12.3 Å². The summed E-state index contributed by atoms with van der Waals surface area (Å²) in [5, 5.41) is 2.84. The van der Waals surface area contributed by atoms with E-state index in [1.165, 1.54) is 12.8 Å². The quantitative estimate of drug-likeness (QED) is 0.656. The van der Waals surface area contributed by atoms with E-state index in [0.29, 0.717) is 0 Å². The van der Waals surface area contributed by atoms with Crippen LogP contribution in [-0.4, -0.2) is 5.91 Å². The first-order valence-corrected chi connectivity index (χ1v) is 5.09. The summed E-state index contributed by atoms with van der Waals surface area (Å²) < 4.78 is 0. The highest BCUT2D eigenvalue weighted by molar-refractivity contribution is 5.82. The van der Waals surface area contributed by atoms with Crippen LogP contribution in [0.5, 0.6) is 0 Å². The number of rotatable bonds is 1. The molecule has 3 unspecified atom stereocenters. The molecule has 2 nitrogen and oxygen atoms in total. The number of hydrogen-bond donors (Lipinski definition) is 1. The van der Waals surface area contributed by atoms with Gasteiger partial charge in [0.15, 0.2) is 0 Å². The zero-order valence-corrected chi connectivity index (χ0v) is 8.39. The second kappa shape index (κ2) is 2.60. The van der Waals surface area contributed by atoms with Crippen molar-refractivity contribution in [3.8, 4) is 0 Å². The molecule has 72 valence electrons. The molecule has 0 aromatic carbocycles. The minimum absolute atomic E-state index is 0.173.